The Balaban J connectivity index is 1.77. The van der Waals surface area contributed by atoms with Gasteiger partial charge >= 0.3 is 5.97 Å². The van der Waals surface area contributed by atoms with Gasteiger partial charge in [0.2, 0.25) is 5.91 Å². The molecule has 1 amide bonds. The van der Waals surface area contributed by atoms with E-state index in [9.17, 15) is 9.59 Å². The summed E-state index contributed by atoms with van der Waals surface area (Å²) in [7, 11) is 0. The number of carbonyl (C=O) groups excluding carboxylic acids is 1. The van der Waals surface area contributed by atoms with Gasteiger partial charge in [-0.25, -0.2) is 4.79 Å². The number of carboxylic acid groups (broad SMARTS) is 1. The lowest BCUT2D eigenvalue weighted by atomic mass is 10.1. The van der Waals surface area contributed by atoms with E-state index >= 15 is 0 Å². The molecule has 0 heterocycles. The molecule has 4 nitrogen and oxygen atoms in total. The summed E-state index contributed by atoms with van der Waals surface area (Å²) in [6.07, 6.45) is 0.781. The minimum atomic E-state index is -0.979. The molecule has 2 rings (SSSR count). The van der Waals surface area contributed by atoms with Gasteiger partial charge in [0, 0.05) is 11.4 Å². The van der Waals surface area contributed by atoms with Crippen LogP contribution in [0.25, 0.3) is 0 Å². The van der Waals surface area contributed by atoms with Crippen molar-refractivity contribution in [2.75, 3.05) is 12.3 Å². The first-order valence-electron chi connectivity index (χ1n) is 6.92. The van der Waals surface area contributed by atoms with Gasteiger partial charge in [-0.3, -0.25) is 4.79 Å². The SMILES string of the molecule is O=C(CSc1ccccc1C(=O)O)NCCc1ccccc1. The number of hydrogen-bond donors (Lipinski definition) is 2. The van der Waals surface area contributed by atoms with Crippen LogP contribution in [0.3, 0.4) is 0 Å². The fourth-order valence-corrected chi connectivity index (χ4v) is 2.83. The summed E-state index contributed by atoms with van der Waals surface area (Å²) < 4.78 is 0. The average Bonchev–Trinajstić information content (AvgIpc) is 2.54. The fraction of sp³-hybridized carbons (Fsp3) is 0.176. The number of carbonyl (C=O) groups is 2. The molecule has 0 fully saturated rings. The van der Waals surface area contributed by atoms with E-state index in [1.54, 1.807) is 18.2 Å². The van der Waals surface area contributed by atoms with Crippen LogP contribution in [0.4, 0.5) is 0 Å². The van der Waals surface area contributed by atoms with E-state index in [-0.39, 0.29) is 17.2 Å². The average molecular weight is 315 g/mol. The first-order valence-corrected chi connectivity index (χ1v) is 7.91. The Hall–Kier alpha value is -2.27. The molecule has 0 bridgehead atoms. The zero-order valence-corrected chi connectivity index (χ0v) is 12.8. The van der Waals surface area contributed by atoms with Crippen molar-refractivity contribution in [3.05, 3.63) is 65.7 Å². The Kier molecular flexibility index (Phi) is 6.03. The molecule has 0 aromatic heterocycles. The van der Waals surface area contributed by atoms with Crippen molar-refractivity contribution in [1.29, 1.82) is 0 Å². The smallest absolute Gasteiger partial charge is 0.336 e. The molecule has 2 aromatic carbocycles. The van der Waals surface area contributed by atoms with Gasteiger partial charge in [0.1, 0.15) is 0 Å². The van der Waals surface area contributed by atoms with E-state index < -0.39 is 5.97 Å². The van der Waals surface area contributed by atoms with E-state index in [0.717, 1.165) is 6.42 Å². The molecule has 5 heteroatoms. The van der Waals surface area contributed by atoms with Crippen LogP contribution >= 0.6 is 11.8 Å². The first-order chi connectivity index (χ1) is 10.7. The largest absolute Gasteiger partial charge is 0.478 e. The molecule has 0 radical (unpaired) electrons. The van der Waals surface area contributed by atoms with Crippen molar-refractivity contribution in [2.24, 2.45) is 0 Å². The molecule has 0 saturated heterocycles. The Morgan fingerprint density at radius 1 is 1.00 bits per heavy atom. The van der Waals surface area contributed by atoms with Gasteiger partial charge in [0.05, 0.1) is 11.3 Å². The molecule has 114 valence electrons. The van der Waals surface area contributed by atoms with Gasteiger partial charge in [0.25, 0.3) is 0 Å². The van der Waals surface area contributed by atoms with Crippen molar-refractivity contribution in [3.8, 4) is 0 Å². The quantitative estimate of drug-likeness (QED) is 0.771. The normalized spacial score (nSPS) is 10.2. The molecule has 0 unspecified atom stereocenters. The Bertz CT molecular complexity index is 643. The highest BCUT2D eigenvalue weighted by Gasteiger charge is 2.11. The van der Waals surface area contributed by atoms with Gasteiger partial charge in [-0.2, -0.15) is 0 Å². The van der Waals surface area contributed by atoms with Gasteiger partial charge in [-0.05, 0) is 24.1 Å². The summed E-state index contributed by atoms with van der Waals surface area (Å²) in [5.41, 5.74) is 1.40. The van der Waals surface area contributed by atoms with Crippen LogP contribution in [0, 0.1) is 0 Å². The third-order valence-corrected chi connectivity index (χ3v) is 4.13. The maximum Gasteiger partial charge on any atom is 0.336 e. The van der Waals surface area contributed by atoms with E-state index in [0.29, 0.717) is 11.4 Å². The number of benzene rings is 2. The van der Waals surface area contributed by atoms with Crippen LogP contribution < -0.4 is 5.32 Å². The molecule has 0 aliphatic rings. The lowest BCUT2D eigenvalue weighted by Gasteiger charge is -2.07. The van der Waals surface area contributed by atoms with Gasteiger partial charge in [0.15, 0.2) is 0 Å². The van der Waals surface area contributed by atoms with E-state index in [4.69, 9.17) is 5.11 Å². The van der Waals surface area contributed by atoms with Gasteiger partial charge in [-0.15, -0.1) is 11.8 Å². The van der Waals surface area contributed by atoms with Crippen LogP contribution in [0.5, 0.6) is 0 Å². The zero-order chi connectivity index (χ0) is 15.8. The van der Waals surface area contributed by atoms with Crippen molar-refractivity contribution < 1.29 is 14.7 Å². The van der Waals surface area contributed by atoms with Crippen molar-refractivity contribution in [2.45, 2.75) is 11.3 Å². The first kappa shape index (κ1) is 16.1. The molecule has 0 saturated carbocycles. The number of rotatable bonds is 7. The number of aromatic carboxylic acids is 1. The maximum atomic E-state index is 11.8. The van der Waals surface area contributed by atoms with Gasteiger partial charge < -0.3 is 10.4 Å². The second kappa shape index (κ2) is 8.24. The van der Waals surface area contributed by atoms with Crippen molar-refractivity contribution in [3.63, 3.8) is 0 Å². The molecule has 2 aromatic rings. The number of carboxylic acids is 1. The lowest BCUT2D eigenvalue weighted by Crippen LogP contribution is -2.27. The number of hydrogen-bond acceptors (Lipinski definition) is 3. The zero-order valence-electron chi connectivity index (χ0n) is 12.0. The molecular formula is C17H17NO3S. The summed E-state index contributed by atoms with van der Waals surface area (Å²) >= 11 is 1.24. The topological polar surface area (TPSA) is 66.4 Å². The maximum absolute atomic E-state index is 11.8. The molecule has 0 aliphatic carbocycles. The highest BCUT2D eigenvalue weighted by molar-refractivity contribution is 8.00. The predicted octanol–water partition coefficient (Wildman–Crippen LogP) is 2.84. The van der Waals surface area contributed by atoms with Crippen LogP contribution in [0.1, 0.15) is 15.9 Å². The molecule has 0 spiro atoms. The summed E-state index contributed by atoms with van der Waals surface area (Å²) in [4.78, 5) is 23.5. The number of nitrogens with one attached hydrogen (secondary N) is 1. The Labute approximate surface area is 133 Å². The molecule has 0 aliphatic heterocycles. The highest BCUT2D eigenvalue weighted by atomic mass is 32.2. The minimum absolute atomic E-state index is 0.0962. The third kappa shape index (κ3) is 4.93. The highest BCUT2D eigenvalue weighted by Crippen LogP contribution is 2.22. The summed E-state index contributed by atoms with van der Waals surface area (Å²) in [5, 5.41) is 11.9. The van der Waals surface area contributed by atoms with E-state index in [1.165, 1.54) is 23.4 Å². The van der Waals surface area contributed by atoms with E-state index in [2.05, 4.69) is 5.32 Å². The van der Waals surface area contributed by atoms with Crippen LogP contribution in [-0.2, 0) is 11.2 Å². The Morgan fingerprint density at radius 2 is 1.68 bits per heavy atom. The Morgan fingerprint density at radius 3 is 2.41 bits per heavy atom. The molecule has 2 N–H and O–H groups in total. The molecular weight excluding hydrogens is 298 g/mol. The summed E-state index contributed by atoms with van der Waals surface area (Å²) in [6, 6.07) is 16.6. The number of thioether (sulfide) groups is 1. The monoisotopic (exact) mass is 315 g/mol. The lowest BCUT2D eigenvalue weighted by molar-refractivity contribution is -0.118. The second-order valence-electron chi connectivity index (χ2n) is 4.68. The standard InChI is InChI=1S/C17H17NO3S/c19-16(18-11-10-13-6-2-1-3-7-13)12-22-15-9-5-4-8-14(15)17(20)21/h1-9H,10-12H2,(H,18,19)(H,20,21). The molecule has 22 heavy (non-hydrogen) atoms. The second-order valence-corrected chi connectivity index (χ2v) is 5.69. The summed E-state index contributed by atoms with van der Waals surface area (Å²) in [5.74, 6) is -0.868. The van der Waals surface area contributed by atoms with Crippen molar-refractivity contribution >= 4 is 23.6 Å². The van der Waals surface area contributed by atoms with Crippen LogP contribution in [-0.4, -0.2) is 29.3 Å². The third-order valence-electron chi connectivity index (χ3n) is 3.05. The summed E-state index contributed by atoms with van der Waals surface area (Å²) in [6.45, 7) is 0.573. The van der Waals surface area contributed by atoms with Crippen LogP contribution in [0.15, 0.2) is 59.5 Å². The number of amides is 1. The minimum Gasteiger partial charge on any atom is -0.478 e. The van der Waals surface area contributed by atoms with E-state index in [1.807, 2.05) is 30.3 Å². The van der Waals surface area contributed by atoms with Gasteiger partial charge in [-0.1, -0.05) is 42.5 Å². The molecule has 0 atom stereocenters. The van der Waals surface area contributed by atoms with Crippen LogP contribution in [0.2, 0.25) is 0 Å². The van der Waals surface area contributed by atoms with Crippen molar-refractivity contribution in [1.82, 2.24) is 5.32 Å². The fourth-order valence-electron chi connectivity index (χ4n) is 1.95. The predicted molar refractivity (Wildman–Crippen MR) is 87.3 cm³/mol.